The second-order valence-electron chi connectivity index (χ2n) is 10.4. The van der Waals surface area contributed by atoms with Gasteiger partial charge >= 0.3 is 0 Å². The van der Waals surface area contributed by atoms with E-state index in [0.29, 0.717) is 17.9 Å². The van der Waals surface area contributed by atoms with Crippen LogP contribution in [-0.2, 0) is 14.3 Å². The number of hydrogen-bond donors (Lipinski definition) is 0. The van der Waals surface area contributed by atoms with Crippen LogP contribution in [0.4, 0.5) is 0 Å². The fraction of sp³-hybridized carbons (Fsp3) is 0.870. The molecule has 1 spiro atoms. The van der Waals surface area contributed by atoms with Gasteiger partial charge in [-0.1, -0.05) is 38.8 Å². The molecule has 0 amide bonds. The van der Waals surface area contributed by atoms with E-state index in [1.165, 1.54) is 50.4 Å². The lowest BCUT2D eigenvalue weighted by molar-refractivity contribution is -0.317. The van der Waals surface area contributed by atoms with E-state index in [1.807, 2.05) is 0 Å². The monoisotopic (exact) mass is 358 g/mol. The van der Waals surface area contributed by atoms with E-state index in [-0.39, 0.29) is 28.5 Å². The average Bonchev–Trinajstić information content (AvgIpc) is 3.13. The summed E-state index contributed by atoms with van der Waals surface area (Å²) in [6.45, 7) is 10.1. The zero-order valence-electron chi connectivity index (χ0n) is 16.5. The van der Waals surface area contributed by atoms with E-state index in [4.69, 9.17) is 9.47 Å². The molecule has 0 N–H and O–H groups in total. The molecule has 7 atom stereocenters. The lowest BCUT2D eigenvalue weighted by Gasteiger charge is -2.63. The van der Waals surface area contributed by atoms with Crippen LogP contribution in [0.2, 0.25) is 0 Å². The van der Waals surface area contributed by atoms with Crippen LogP contribution in [0.1, 0.15) is 71.6 Å². The van der Waals surface area contributed by atoms with E-state index < -0.39 is 0 Å². The van der Waals surface area contributed by atoms with Crippen molar-refractivity contribution in [2.24, 2.45) is 34.0 Å². The Morgan fingerprint density at radius 2 is 1.92 bits per heavy atom. The molecule has 4 aliphatic carbocycles. The summed E-state index contributed by atoms with van der Waals surface area (Å²) in [6, 6.07) is 0. The Bertz CT molecular complexity index is 623. The van der Waals surface area contributed by atoms with Gasteiger partial charge in [0.25, 0.3) is 0 Å². The van der Waals surface area contributed by atoms with Gasteiger partial charge in [0.15, 0.2) is 6.29 Å². The van der Waals surface area contributed by atoms with Gasteiger partial charge in [0.1, 0.15) is 6.29 Å². The van der Waals surface area contributed by atoms with Crippen LogP contribution in [-0.4, -0.2) is 25.3 Å². The Balaban J connectivity index is 1.43. The van der Waals surface area contributed by atoms with Crippen molar-refractivity contribution < 1.29 is 14.3 Å². The molecule has 1 aliphatic heterocycles. The number of fused-ring (bicyclic) bond motifs is 4. The molecule has 5 rings (SSSR count). The van der Waals surface area contributed by atoms with Crippen LogP contribution in [0.3, 0.4) is 0 Å². The van der Waals surface area contributed by atoms with Gasteiger partial charge < -0.3 is 14.3 Å². The van der Waals surface area contributed by atoms with E-state index in [9.17, 15) is 4.79 Å². The van der Waals surface area contributed by atoms with Crippen LogP contribution in [0, 0.1) is 34.0 Å². The number of rotatable bonds is 2. The molecule has 4 saturated carbocycles. The lowest BCUT2D eigenvalue weighted by Crippen LogP contribution is -2.62. The summed E-state index contributed by atoms with van der Waals surface area (Å²) in [5, 5.41) is 0. The third-order valence-corrected chi connectivity index (χ3v) is 9.43. The third kappa shape index (κ3) is 2.05. The molecule has 0 aromatic heterocycles. The highest BCUT2D eigenvalue weighted by Crippen LogP contribution is 2.77. The number of aldehydes is 1. The first-order chi connectivity index (χ1) is 12.5. The summed E-state index contributed by atoms with van der Waals surface area (Å²) >= 11 is 0. The summed E-state index contributed by atoms with van der Waals surface area (Å²) in [7, 11) is 0. The molecule has 0 bridgehead atoms. The maximum absolute atomic E-state index is 11.7. The van der Waals surface area contributed by atoms with Crippen molar-refractivity contribution in [2.45, 2.75) is 84.0 Å². The van der Waals surface area contributed by atoms with Crippen molar-refractivity contribution in [3.05, 3.63) is 12.2 Å². The fourth-order valence-corrected chi connectivity index (χ4v) is 7.89. The zero-order valence-corrected chi connectivity index (χ0v) is 16.5. The minimum atomic E-state index is 0.0242. The van der Waals surface area contributed by atoms with Crippen LogP contribution in [0.5, 0.6) is 0 Å². The van der Waals surface area contributed by atoms with Crippen molar-refractivity contribution in [1.29, 1.82) is 0 Å². The van der Waals surface area contributed by atoms with Crippen LogP contribution >= 0.6 is 0 Å². The molecular weight excluding hydrogens is 324 g/mol. The molecule has 5 aliphatic rings. The normalized spacial score (nSPS) is 54.0. The minimum absolute atomic E-state index is 0.0242. The Morgan fingerprint density at radius 1 is 1.15 bits per heavy atom. The molecule has 1 saturated heterocycles. The van der Waals surface area contributed by atoms with Gasteiger partial charge in [-0.05, 0) is 56.3 Å². The summed E-state index contributed by atoms with van der Waals surface area (Å²) in [4.78, 5) is 11.7. The smallest absolute Gasteiger partial charge is 0.160 e. The van der Waals surface area contributed by atoms with Crippen LogP contribution < -0.4 is 0 Å². The highest BCUT2D eigenvalue weighted by molar-refractivity contribution is 5.64. The number of carbonyl (C=O) groups excluding carboxylic acids is 1. The van der Waals surface area contributed by atoms with Gasteiger partial charge in [0.05, 0.1) is 12.7 Å². The van der Waals surface area contributed by atoms with Crippen LogP contribution in [0.15, 0.2) is 12.2 Å². The van der Waals surface area contributed by atoms with Crippen molar-refractivity contribution in [3.8, 4) is 0 Å². The van der Waals surface area contributed by atoms with Gasteiger partial charge in [-0.2, -0.15) is 0 Å². The third-order valence-electron chi connectivity index (χ3n) is 9.43. The lowest BCUT2D eigenvalue weighted by atomic mass is 9.44. The van der Waals surface area contributed by atoms with E-state index >= 15 is 0 Å². The topological polar surface area (TPSA) is 35.5 Å². The molecule has 0 aromatic rings. The van der Waals surface area contributed by atoms with Gasteiger partial charge in [-0.25, -0.2) is 0 Å². The molecule has 5 fully saturated rings. The molecule has 1 heterocycles. The molecule has 0 aromatic carbocycles. The highest BCUT2D eigenvalue weighted by Gasteiger charge is 2.73. The Labute approximate surface area is 157 Å². The first kappa shape index (κ1) is 17.4. The predicted molar refractivity (Wildman–Crippen MR) is 100 cm³/mol. The van der Waals surface area contributed by atoms with Gasteiger partial charge in [0.2, 0.25) is 0 Å². The number of ether oxygens (including phenoxy) is 2. The van der Waals surface area contributed by atoms with Crippen molar-refractivity contribution in [3.63, 3.8) is 0 Å². The Morgan fingerprint density at radius 3 is 2.62 bits per heavy atom. The maximum atomic E-state index is 11.7. The maximum Gasteiger partial charge on any atom is 0.160 e. The van der Waals surface area contributed by atoms with Crippen molar-refractivity contribution in [1.82, 2.24) is 0 Å². The quantitative estimate of drug-likeness (QED) is 0.520. The second kappa shape index (κ2) is 5.67. The van der Waals surface area contributed by atoms with E-state index in [1.54, 1.807) is 0 Å². The summed E-state index contributed by atoms with van der Waals surface area (Å²) < 4.78 is 13.0. The number of allylic oxidation sites excluding steroid dienone is 1. The molecule has 144 valence electrons. The molecule has 3 unspecified atom stereocenters. The van der Waals surface area contributed by atoms with Crippen molar-refractivity contribution >= 4 is 6.29 Å². The summed E-state index contributed by atoms with van der Waals surface area (Å²) in [5.74, 6) is 1.36. The molecule has 0 radical (unpaired) electrons. The second-order valence-corrected chi connectivity index (χ2v) is 10.4. The summed E-state index contributed by atoms with van der Waals surface area (Å²) in [6.07, 6.45) is 12.3. The Kier molecular flexibility index (Phi) is 3.80. The number of carbonyl (C=O) groups is 1. The molecule has 26 heavy (non-hydrogen) atoms. The van der Waals surface area contributed by atoms with Crippen LogP contribution in [0.25, 0.3) is 0 Å². The zero-order chi connectivity index (χ0) is 18.2. The first-order valence-corrected chi connectivity index (χ1v) is 10.9. The number of hydrogen-bond acceptors (Lipinski definition) is 3. The largest absolute Gasteiger partial charge is 0.352 e. The molecule has 3 heteroatoms. The molecular formula is C23H34O3. The highest BCUT2D eigenvalue weighted by atomic mass is 16.7. The van der Waals surface area contributed by atoms with Gasteiger partial charge in [-0.3, -0.25) is 0 Å². The van der Waals surface area contributed by atoms with Gasteiger partial charge in [-0.15, -0.1) is 0 Å². The average molecular weight is 359 g/mol. The summed E-state index contributed by atoms with van der Waals surface area (Å²) in [5.41, 5.74) is 1.66. The predicted octanol–water partition coefficient (Wildman–Crippen LogP) is 4.90. The minimum Gasteiger partial charge on any atom is -0.352 e. The fourth-order valence-electron chi connectivity index (χ4n) is 7.89. The first-order valence-electron chi connectivity index (χ1n) is 10.9. The standard InChI is InChI=1S/C23H34O3/c1-15-8-9-18-21(2)14-25-20(16-6-4-5-7-16)26-19(21)10-11-22(18,3)23(15)12-17(23)13-24/h13,16-20H,1,4-12,14H2,2-3H3/t17?,18?,19-,20-,21+,22-,23?/m1/s1. The van der Waals surface area contributed by atoms with Gasteiger partial charge in [0, 0.05) is 22.7 Å². The Hall–Kier alpha value is -0.670. The van der Waals surface area contributed by atoms with E-state index in [0.717, 1.165) is 25.9 Å². The SMILES string of the molecule is C=C1CCC2[C@]3(C)CO[C@@H](C4CCCC4)O[C@@H]3CC[C@@]2(C)C12CC2C=O. The van der Waals surface area contributed by atoms with E-state index in [2.05, 4.69) is 20.4 Å². The molecule has 3 nitrogen and oxygen atoms in total. The van der Waals surface area contributed by atoms with Crippen molar-refractivity contribution in [2.75, 3.05) is 6.61 Å².